The largest absolute Gasteiger partial charge is 0.361 e. The molecule has 0 amide bonds. The van der Waals surface area contributed by atoms with Crippen LogP contribution in [-0.4, -0.2) is 19.4 Å². The molecule has 0 spiro atoms. The second-order valence-corrected chi connectivity index (χ2v) is 3.57. The fourth-order valence-electron chi connectivity index (χ4n) is 0.982. The topological polar surface area (TPSA) is 21.3 Å². The smallest absolute Gasteiger partial charge is 0.113 e. The van der Waals surface area contributed by atoms with Crippen molar-refractivity contribution >= 4 is 0 Å². The third kappa shape index (κ3) is 1.66. The molecule has 1 fully saturated rings. The van der Waals surface area contributed by atoms with Crippen molar-refractivity contribution in [1.82, 2.24) is 5.32 Å². The SMILES string of the molecule is CC(C)(C)C1NCCO1. The average Bonchev–Trinajstić information content (AvgIpc) is 2.08. The fourth-order valence-corrected chi connectivity index (χ4v) is 0.982. The predicted molar refractivity (Wildman–Crippen MR) is 37.2 cm³/mol. The van der Waals surface area contributed by atoms with Gasteiger partial charge in [0.05, 0.1) is 6.61 Å². The van der Waals surface area contributed by atoms with E-state index >= 15 is 0 Å². The van der Waals surface area contributed by atoms with Gasteiger partial charge in [0.1, 0.15) is 6.23 Å². The summed E-state index contributed by atoms with van der Waals surface area (Å²) < 4.78 is 5.41. The first-order chi connectivity index (χ1) is 4.11. The lowest BCUT2D eigenvalue weighted by molar-refractivity contribution is 0.0174. The highest BCUT2D eigenvalue weighted by Gasteiger charge is 2.27. The van der Waals surface area contributed by atoms with Crippen LogP contribution in [0.3, 0.4) is 0 Å². The zero-order valence-corrected chi connectivity index (χ0v) is 6.40. The van der Waals surface area contributed by atoms with Gasteiger partial charge in [0.2, 0.25) is 0 Å². The molecule has 2 heteroatoms. The highest BCUT2D eigenvalue weighted by molar-refractivity contribution is 4.75. The Labute approximate surface area is 56.6 Å². The van der Waals surface area contributed by atoms with E-state index in [4.69, 9.17) is 4.74 Å². The highest BCUT2D eigenvalue weighted by Crippen LogP contribution is 2.21. The lowest BCUT2D eigenvalue weighted by Crippen LogP contribution is -2.35. The van der Waals surface area contributed by atoms with Crippen LogP contribution in [0.4, 0.5) is 0 Å². The Hall–Kier alpha value is -0.0800. The molecule has 1 saturated heterocycles. The summed E-state index contributed by atoms with van der Waals surface area (Å²) in [6.45, 7) is 8.39. The van der Waals surface area contributed by atoms with Gasteiger partial charge in [0.15, 0.2) is 0 Å². The summed E-state index contributed by atoms with van der Waals surface area (Å²) in [5.74, 6) is 0. The van der Waals surface area contributed by atoms with E-state index in [0.717, 1.165) is 13.2 Å². The zero-order valence-electron chi connectivity index (χ0n) is 6.40. The van der Waals surface area contributed by atoms with Gasteiger partial charge in [-0.25, -0.2) is 0 Å². The third-order valence-electron chi connectivity index (χ3n) is 1.50. The van der Waals surface area contributed by atoms with E-state index in [1.54, 1.807) is 0 Å². The van der Waals surface area contributed by atoms with Gasteiger partial charge in [-0.2, -0.15) is 0 Å². The van der Waals surface area contributed by atoms with Gasteiger partial charge in [-0.1, -0.05) is 20.8 Å². The first-order valence-electron chi connectivity index (χ1n) is 3.46. The van der Waals surface area contributed by atoms with Gasteiger partial charge >= 0.3 is 0 Å². The summed E-state index contributed by atoms with van der Waals surface area (Å²) in [6.07, 6.45) is 0.262. The molecule has 0 aromatic carbocycles. The van der Waals surface area contributed by atoms with Crippen molar-refractivity contribution in [3.63, 3.8) is 0 Å². The molecule has 0 radical (unpaired) electrons. The standard InChI is InChI=1S/C7H15NO/c1-7(2,3)6-8-4-5-9-6/h6,8H,4-5H2,1-3H3. The second-order valence-electron chi connectivity index (χ2n) is 3.57. The first kappa shape index (κ1) is 7.03. The zero-order chi connectivity index (χ0) is 6.91. The summed E-state index contributed by atoms with van der Waals surface area (Å²) in [5, 5.41) is 3.27. The molecule has 1 unspecified atom stereocenters. The molecule has 0 aromatic rings. The van der Waals surface area contributed by atoms with E-state index in [0.29, 0.717) is 0 Å². The van der Waals surface area contributed by atoms with Gasteiger partial charge in [-0.3, -0.25) is 5.32 Å². The molecule has 0 saturated carbocycles. The average molecular weight is 129 g/mol. The number of rotatable bonds is 0. The summed E-state index contributed by atoms with van der Waals surface area (Å²) >= 11 is 0. The van der Waals surface area contributed by atoms with Crippen LogP contribution in [0.15, 0.2) is 0 Å². The monoisotopic (exact) mass is 129 g/mol. The number of hydrogen-bond donors (Lipinski definition) is 1. The van der Waals surface area contributed by atoms with Crippen molar-refractivity contribution in [1.29, 1.82) is 0 Å². The number of nitrogens with one attached hydrogen (secondary N) is 1. The van der Waals surface area contributed by atoms with Crippen LogP contribution in [0.2, 0.25) is 0 Å². The molecular weight excluding hydrogens is 114 g/mol. The van der Waals surface area contributed by atoms with Crippen molar-refractivity contribution < 1.29 is 4.74 Å². The Balaban J connectivity index is 2.42. The molecule has 1 aliphatic rings. The molecule has 1 aliphatic heterocycles. The van der Waals surface area contributed by atoms with Gasteiger partial charge in [0.25, 0.3) is 0 Å². The predicted octanol–water partition coefficient (Wildman–Crippen LogP) is 0.978. The van der Waals surface area contributed by atoms with Gasteiger partial charge in [-0.05, 0) is 0 Å². The van der Waals surface area contributed by atoms with E-state index in [2.05, 4.69) is 26.1 Å². The summed E-state index contributed by atoms with van der Waals surface area (Å²) in [7, 11) is 0. The molecule has 0 aromatic heterocycles. The lowest BCUT2D eigenvalue weighted by atomic mass is 9.95. The minimum Gasteiger partial charge on any atom is -0.361 e. The highest BCUT2D eigenvalue weighted by atomic mass is 16.5. The van der Waals surface area contributed by atoms with Crippen LogP contribution in [0.25, 0.3) is 0 Å². The van der Waals surface area contributed by atoms with Crippen LogP contribution in [0, 0.1) is 5.41 Å². The van der Waals surface area contributed by atoms with Crippen molar-refractivity contribution in [3.8, 4) is 0 Å². The Kier molecular flexibility index (Phi) is 1.78. The molecule has 0 aliphatic carbocycles. The van der Waals surface area contributed by atoms with Crippen molar-refractivity contribution in [2.75, 3.05) is 13.2 Å². The van der Waals surface area contributed by atoms with E-state index in [1.807, 2.05) is 0 Å². The van der Waals surface area contributed by atoms with Crippen molar-refractivity contribution in [2.24, 2.45) is 5.41 Å². The molecule has 1 N–H and O–H groups in total. The molecule has 1 heterocycles. The maximum Gasteiger partial charge on any atom is 0.113 e. The van der Waals surface area contributed by atoms with E-state index in [-0.39, 0.29) is 11.6 Å². The van der Waals surface area contributed by atoms with E-state index in [1.165, 1.54) is 0 Å². The first-order valence-corrected chi connectivity index (χ1v) is 3.46. The normalized spacial score (nSPS) is 29.0. The molecule has 1 atom stereocenters. The maximum atomic E-state index is 5.41. The van der Waals surface area contributed by atoms with Gasteiger partial charge in [0, 0.05) is 12.0 Å². The minimum atomic E-state index is 0.247. The van der Waals surface area contributed by atoms with Crippen LogP contribution in [0.1, 0.15) is 20.8 Å². The van der Waals surface area contributed by atoms with Crippen molar-refractivity contribution in [2.45, 2.75) is 27.0 Å². The third-order valence-corrected chi connectivity index (χ3v) is 1.50. The van der Waals surface area contributed by atoms with Crippen LogP contribution in [-0.2, 0) is 4.74 Å². The molecule has 54 valence electrons. The second kappa shape index (κ2) is 2.27. The number of ether oxygens (including phenoxy) is 1. The van der Waals surface area contributed by atoms with Crippen LogP contribution >= 0.6 is 0 Å². The summed E-state index contributed by atoms with van der Waals surface area (Å²) in [6, 6.07) is 0. The Morgan fingerprint density at radius 1 is 1.44 bits per heavy atom. The quantitative estimate of drug-likeness (QED) is 0.526. The van der Waals surface area contributed by atoms with Crippen LogP contribution in [0.5, 0.6) is 0 Å². The lowest BCUT2D eigenvalue weighted by Gasteiger charge is -2.25. The molecular formula is C7H15NO. The van der Waals surface area contributed by atoms with E-state index in [9.17, 15) is 0 Å². The molecule has 0 bridgehead atoms. The Morgan fingerprint density at radius 2 is 2.11 bits per heavy atom. The summed E-state index contributed by atoms with van der Waals surface area (Å²) in [5.41, 5.74) is 0.247. The number of hydrogen-bond acceptors (Lipinski definition) is 2. The Morgan fingerprint density at radius 3 is 2.33 bits per heavy atom. The fraction of sp³-hybridized carbons (Fsp3) is 1.00. The maximum absolute atomic E-state index is 5.41. The van der Waals surface area contributed by atoms with Crippen LogP contribution < -0.4 is 5.32 Å². The molecule has 9 heavy (non-hydrogen) atoms. The molecule has 2 nitrogen and oxygen atoms in total. The minimum absolute atomic E-state index is 0.247. The molecule has 1 rings (SSSR count). The Bertz CT molecular complexity index is 89.6. The van der Waals surface area contributed by atoms with Gasteiger partial charge in [-0.15, -0.1) is 0 Å². The summed E-state index contributed by atoms with van der Waals surface area (Å²) in [4.78, 5) is 0. The van der Waals surface area contributed by atoms with Gasteiger partial charge < -0.3 is 4.74 Å². The van der Waals surface area contributed by atoms with Crippen molar-refractivity contribution in [3.05, 3.63) is 0 Å². The van der Waals surface area contributed by atoms with E-state index < -0.39 is 0 Å².